The first kappa shape index (κ1) is 14.1. The number of rotatable bonds is 1. The Bertz CT molecular complexity index is 716. The Kier molecular flexibility index (Phi) is 2.96. The summed E-state index contributed by atoms with van der Waals surface area (Å²) in [6, 6.07) is -0.0466. The van der Waals surface area contributed by atoms with E-state index in [9.17, 15) is 29.7 Å². The molecule has 2 atom stereocenters. The van der Waals surface area contributed by atoms with Crippen LogP contribution in [0.4, 0.5) is 5.69 Å². The summed E-state index contributed by atoms with van der Waals surface area (Å²) >= 11 is 0. The van der Waals surface area contributed by atoms with E-state index >= 15 is 0 Å². The molecule has 0 saturated carbocycles. The number of aliphatic hydroxyl groups is 1. The lowest BCUT2D eigenvalue weighted by molar-refractivity contribution is -0.139. The van der Waals surface area contributed by atoms with Gasteiger partial charge in [0, 0.05) is 12.0 Å². The van der Waals surface area contributed by atoms with E-state index in [1.807, 2.05) is 0 Å². The highest BCUT2D eigenvalue weighted by atomic mass is 16.3. The zero-order valence-corrected chi connectivity index (χ0v) is 11.2. The zero-order valence-electron chi connectivity index (χ0n) is 11.2. The molecule has 9 nitrogen and oxygen atoms in total. The summed E-state index contributed by atoms with van der Waals surface area (Å²) < 4.78 is 0. The Hall–Kier alpha value is -2.81. The molecule has 1 fully saturated rings. The van der Waals surface area contributed by atoms with Crippen LogP contribution in [0.25, 0.3) is 0 Å². The van der Waals surface area contributed by atoms with Crippen LogP contribution in [-0.4, -0.2) is 44.0 Å². The number of phenolic OH excluding ortho intramolecular Hbond substituents is 2. The van der Waals surface area contributed by atoms with Gasteiger partial charge in [-0.1, -0.05) is 0 Å². The number of hydrogen-bond acceptors (Lipinski definition) is 7. The van der Waals surface area contributed by atoms with Gasteiger partial charge in [-0.15, -0.1) is 0 Å². The fraction of sp³-hybridized carbons (Fsp3) is 0.308. The number of hydrogen-bond donors (Lipinski definition) is 5. The van der Waals surface area contributed by atoms with E-state index < -0.39 is 41.5 Å². The van der Waals surface area contributed by atoms with Crippen LogP contribution in [0.1, 0.15) is 35.0 Å². The number of anilines is 1. The first-order chi connectivity index (χ1) is 10.3. The van der Waals surface area contributed by atoms with Crippen LogP contribution in [0.15, 0.2) is 6.07 Å². The number of benzene rings is 1. The number of nitrogen functional groups attached to an aromatic ring is 1. The van der Waals surface area contributed by atoms with Gasteiger partial charge >= 0.3 is 0 Å². The molecule has 6 N–H and O–H groups in total. The molecule has 1 aromatic carbocycles. The van der Waals surface area contributed by atoms with Crippen LogP contribution in [0.3, 0.4) is 0 Å². The number of nitrogens with one attached hydrogen (secondary N) is 1. The van der Waals surface area contributed by atoms with Crippen molar-refractivity contribution < 1.29 is 29.7 Å². The van der Waals surface area contributed by atoms with Crippen molar-refractivity contribution in [2.75, 3.05) is 5.73 Å². The second kappa shape index (κ2) is 4.60. The fourth-order valence-electron chi connectivity index (χ4n) is 2.80. The van der Waals surface area contributed by atoms with Gasteiger partial charge in [0.15, 0.2) is 17.7 Å². The average Bonchev–Trinajstić information content (AvgIpc) is 2.69. The maximum atomic E-state index is 12.4. The first-order valence-electron chi connectivity index (χ1n) is 6.51. The lowest BCUT2D eigenvalue weighted by atomic mass is 10.0. The lowest BCUT2D eigenvalue weighted by Gasteiger charge is -2.32. The van der Waals surface area contributed by atoms with Crippen molar-refractivity contribution in [3.63, 3.8) is 0 Å². The van der Waals surface area contributed by atoms with E-state index in [4.69, 9.17) is 5.73 Å². The predicted octanol–water partition coefficient (Wildman–Crippen LogP) is -1.07. The van der Waals surface area contributed by atoms with Gasteiger partial charge < -0.3 is 21.1 Å². The monoisotopic (exact) mass is 307 g/mol. The van der Waals surface area contributed by atoms with Gasteiger partial charge in [-0.25, -0.2) is 0 Å². The number of piperidine rings is 1. The van der Waals surface area contributed by atoms with Crippen molar-refractivity contribution in [1.29, 1.82) is 0 Å². The maximum absolute atomic E-state index is 12.4. The van der Waals surface area contributed by atoms with Crippen LogP contribution >= 0.6 is 0 Å². The Morgan fingerprint density at radius 3 is 2.59 bits per heavy atom. The summed E-state index contributed by atoms with van der Waals surface area (Å²) in [5.74, 6) is -3.09. The molecule has 0 aliphatic carbocycles. The highest BCUT2D eigenvalue weighted by Crippen LogP contribution is 2.45. The quantitative estimate of drug-likeness (QED) is 0.251. The second-order valence-electron chi connectivity index (χ2n) is 5.17. The third kappa shape index (κ3) is 1.79. The molecule has 0 bridgehead atoms. The number of imide groups is 1. The van der Waals surface area contributed by atoms with Crippen LogP contribution in [0, 0.1) is 0 Å². The van der Waals surface area contributed by atoms with E-state index in [-0.39, 0.29) is 29.7 Å². The Morgan fingerprint density at radius 1 is 1.27 bits per heavy atom. The summed E-state index contributed by atoms with van der Waals surface area (Å²) in [5.41, 5.74) is 5.15. The number of fused-ring (bicyclic) bond motifs is 1. The minimum Gasteiger partial charge on any atom is -0.504 e. The minimum absolute atomic E-state index is 0.0369. The van der Waals surface area contributed by atoms with E-state index in [1.165, 1.54) is 0 Å². The SMILES string of the molecule is Nc1c(O)c(O)cc2c1C(O)N(C1CCC(=O)NC1=O)C2=O. The molecule has 2 heterocycles. The molecule has 2 aliphatic rings. The molecule has 0 spiro atoms. The van der Waals surface area contributed by atoms with Crippen LogP contribution in [0.2, 0.25) is 0 Å². The molecule has 2 unspecified atom stereocenters. The topological polar surface area (TPSA) is 153 Å². The Morgan fingerprint density at radius 2 is 1.95 bits per heavy atom. The number of nitrogens with zero attached hydrogens (tertiary/aromatic N) is 1. The number of nitrogens with two attached hydrogens (primary N) is 1. The molecule has 0 aromatic heterocycles. The molecule has 3 rings (SSSR count). The van der Waals surface area contributed by atoms with Crippen molar-refractivity contribution in [3.8, 4) is 11.5 Å². The van der Waals surface area contributed by atoms with Crippen molar-refractivity contribution in [3.05, 3.63) is 17.2 Å². The molecule has 22 heavy (non-hydrogen) atoms. The van der Waals surface area contributed by atoms with E-state index in [0.29, 0.717) is 0 Å². The lowest BCUT2D eigenvalue weighted by Crippen LogP contribution is -2.53. The molecule has 116 valence electrons. The van der Waals surface area contributed by atoms with Crippen molar-refractivity contribution in [2.24, 2.45) is 0 Å². The van der Waals surface area contributed by atoms with Gasteiger partial charge in [-0.2, -0.15) is 0 Å². The Labute approximate surface area is 123 Å². The number of carbonyl (C=O) groups excluding carboxylic acids is 3. The van der Waals surface area contributed by atoms with Gasteiger partial charge in [0.05, 0.1) is 11.3 Å². The molecule has 1 aromatic rings. The van der Waals surface area contributed by atoms with E-state index in [1.54, 1.807) is 0 Å². The van der Waals surface area contributed by atoms with Crippen molar-refractivity contribution in [2.45, 2.75) is 25.1 Å². The van der Waals surface area contributed by atoms with Crippen LogP contribution in [0.5, 0.6) is 11.5 Å². The summed E-state index contributed by atoms with van der Waals surface area (Å²) in [6.45, 7) is 0. The smallest absolute Gasteiger partial charge is 0.257 e. The molecular weight excluding hydrogens is 294 g/mol. The Balaban J connectivity index is 2.04. The largest absolute Gasteiger partial charge is 0.504 e. The van der Waals surface area contributed by atoms with Gasteiger partial charge in [0.2, 0.25) is 11.8 Å². The van der Waals surface area contributed by atoms with Crippen molar-refractivity contribution >= 4 is 23.4 Å². The third-order valence-corrected chi connectivity index (χ3v) is 3.89. The van der Waals surface area contributed by atoms with E-state index in [0.717, 1.165) is 11.0 Å². The molecule has 3 amide bonds. The zero-order chi connectivity index (χ0) is 16.2. The summed E-state index contributed by atoms with van der Waals surface area (Å²) in [5, 5.41) is 31.6. The highest BCUT2D eigenvalue weighted by molar-refractivity contribution is 6.07. The highest BCUT2D eigenvalue weighted by Gasteiger charge is 2.46. The fourth-order valence-corrected chi connectivity index (χ4v) is 2.80. The molecule has 0 radical (unpaired) electrons. The molecular formula is C13H13N3O6. The summed E-state index contributed by atoms with van der Waals surface area (Å²) in [4.78, 5) is 36.4. The van der Waals surface area contributed by atoms with E-state index in [2.05, 4.69) is 5.32 Å². The second-order valence-corrected chi connectivity index (χ2v) is 5.17. The maximum Gasteiger partial charge on any atom is 0.257 e. The number of carbonyl (C=O) groups is 3. The molecule has 2 aliphatic heterocycles. The number of aromatic hydroxyl groups is 2. The van der Waals surface area contributed by atoms with Crippen molar-refractivity contribution in [1.82, 2.24) is 10.2 Å². The predicted molar refractivity (Wildman–Crippen MR) is 71.5 cm³/mol. The number of aliphatic hydroxyl groups excluding tert-OH is 1. The first-order valence-corrected chi connectivity index (χ1v) is 6.51. The van der Waals surface area contributed by atoms with Gasteiger partial charge in [0.1, 0.15) is 6.04 Å². The van der Waals surface area contributed by atoms with Crippen LogP contribution < -0.4 is 11.1 Å². The van der Waals surface area contributed by atoms with Gasteiger partial charge in [-0.05, 0) is 12.5 Å². The molecule has 1 saturated heterocycles. The third-order valence-electron chi connectivity index (χ3n) is 3.89. The minimum atomic E-state index is -1.54. The summed E-state index contributed by atoms with van der Waals surface area (Å²) in [7, 11) is 0. The van der Waals surface area contributed by atoms with Gasteiger partial charge in [0.25, 0.3) is 5.91 Å². The standard InChI is InChI=1S/C13H13N3O6/c14-9-8-4(3-6(17)10(9)19)12(21)16(13(8)22)5-1-2-7(18)15-11(5)20/h3,5,13,17,19,22H,1-2,14H2,(H,15,18,20). The summed E-state index contributed by atoms with van der Waals surface area (Å²) in [6.07, 6.45) is -1.44. The molecule has 9 heteroatoms. The average molecular weight is 307 g/mol. The number of amides is 3. The number of phenols is 2. The van der Waals surface area contributed by atoms with Gasteiger partial charge in [-0.3, -0.25) is 24.6 Å². The van der Waals surface area contributed by atoms with Crippen LogP contribution in [-0.2, 0) is 9.59 Å². The normalized spacial score (nSPS) is 24.4.